The molecule has 0 unspecified atom stereocenters. The van der Waals surface area contributed by atoms with Gasteiger partial charge in [-0.2, -0.15) is 5.10 Å². The number of hydrogen-bond acceptors (Lipinski definition) is 2. The van der Waals surface area contributed by atoms with Crippen LogP contribution in [0.4, 0.5) is 5.82 Å². The van der Waals surface area contributed by atoms with Gasteiger partial charge in [0.25, 0.3) is 0 Å². The summed E-state index contributed by atoms with van der Waals surface area (Å²) in [7, 11) is 0. The number of H-pyrrole nitrogens is 1. The summed E-state index contributed by atoms with van der Waals surface area (Å²) < 4.78 is 0. The first-order valence-corrected chi connectivity index (χ1v) is 5.58. The van der Waals surface area contributed by atoms with Gasteiger partial charge in [0.05, 0.1) is 0 Å². The van der Waals surface area contributed by atoms with E-state index in [1.807, 2.05) is 13.0 Å². The van der Waals surface area contributed by atoms with Gasteiger partial charge in [-0.25, -0.2) is 0 Å². The normalized spacial score (nSPS) is 17.7. The number of hydrogen-bond donors (Lipinski definition) is 2. The maximum atomic E-state index is 11.8. The van der Waals surface area contributed by atoms with Gasteiger partial charge in [-0.3, -0.25) is 9.89 Å². The van der Waals surface area contributed by atoms with Crippen molar-refractivity contribution in [1.29, 1.82) is 0 Å². The summed E-state index contributed by atoms with van der Waals surface area (Å²) in [6.45, 7) is 1.92. The average Bonchev–Trinajstić information content (AvgIpc) is 2.65. The molecule has 0 bridgehead atoms. The number of nitrogens with zero attached hydrogens (tertiary/aromatic N) is 1. The molecule has 0 spiro atoms. The van der Waals surface area contributed by atoms with Crippen LogP contribution in [-0.2, 0) is 4.79 Å². The molecule has 1 aliphatic carbocycles. The lowest BCUT2D eigenvalue weighted by atomic mass is 9.89. The van der Waals surface area contributed by atoms with E-state index in [9.17, 15) is 4.79 Å². The van der Waals surface area contributed by atoms with Crippen molar-refractivity contribution in [3.63, 3.8) is 0 Å². The molecule has 4 nitrogen and oxygen atoms in total. The summed E-state index contributed by atoms with van der Waals surface area (Å²) >= 11 is 0. The van der Waals surface area contributed by atoms with Gasteiger partial charge in [-0.1, -0.05) is 19.3 Å². The molecule has 0 radical (unpaired) electrons. The number of amides is 1. The van der Waals surface area contributed by atoms with Gasteiger partial charge in [0, 0.05) is 17.7 Å². The Kier molecular flexibility index (Phi) is 3.04. The van der Waals surface area contributed by atoms with Crippen LogP contribution in [0, 0.1) is 12.8 Å². The van der Waals surface area contributed by atoms with E-state index in [0.29, 0.717) is 5.82 Å². The molecule has 0 aromatic carbocycles. The van der Waals surface area contributed by atoms with E-state index >= 15 is 0 Å². The number of nitrogens with one attached hydrogen (secondary N) is 2. The molecule has 2 N–H and O–H groups in total. The quantitative estimate of drug-likeness (QED) is 0.781. The molecular weight excluding hydrogens is 190 g/mol. The molecule has 1 aliphatic rings. The zero-order chi connectivity index (χ0) is 10.7. The number of aryl methyl sites for hydroxylation is 1. The number of anilines is 1. The number of aromatic amines is 1. The predicted molar refractivity (Wildman–Crippen MR) is 58.5 cm³/mol. The molecular formula is C11H17N3O. The third kappa shape index (κ3) is 2.58. The minimum absolute atomic E-state index is 0.126. The van der Waals surface area contributed by atoms with Crippen molar-refractivity contribution in [2.24, 2.45) is 5.92 Å². The van der Waals surface area contributed by atoms with E-state index in [-0.39, 0.29) is 11.8 Å². The zero-order valence-corrected chi connectivity index (χ0v) is 9.05. The van der Waals surface area contributed by atoms with Gasteiger partial charge >= 0.3 is 0 Å². The second-order valence-corrected chi connectivity index (χ2v) is 4.26. The fourth-order valence-corrected chi connectivity index (χ4v) is 2.08. The Balaban J connectivity index is 1.91. The van der Waals surface area contributed by atoms with Gasteiger partial charge in [0.1, 0.15) is 0 Å². The molecule has 1 saturated carbocycles. The van der Waals surface area contributed by atoms with Crippen molar-refractivity contribution in [2.75, 3.05) is 5.32 Å². The molecule has 2 rings (SSSR count). The van der Waals surface area contributed by atoms with Gasteiger partial charge < -0.3 is 5.32 Å². The van der Waals surface area contributed by atoms with Crippen LogP contribution in [-0.4, -0.2) is 16.1 Å². The van der Waals surface area contributed by atoms with Crippen LogP contribution in [0.15, 0.2) is 6.07 Å². The smallest absolute Gasteiger partial charge is 0.228 e. The summed E-state index contributed by atoms with van der Waals surface area (Å²) in [6.07, 6.45) is 5.67. The highest BCUT2D eigenvalue weighted by Gasteiger charge is 2.21. The van der Waals surface area contributed by atoms with Gasteiger partial charge in [-0.05, 0) is 19.8 Å². The fraction of sp³-hybridized carbons (Fsp3) is 0.636. The van der Waals surface area contributed by atoms with Crippen molar-refractivity contribution >= 4 is 11.7 Å². The van der Waals surface area contributed by atoms with Crippen LogP contribution in [0.1, 0.15) is 37.8 Å². The molecule has 1 amide bonds. The third-order valence-corrected chi connectivity index (χ3v) is 2.93. The Bertz CT molecular complexity index is 339. The number of rotatable bonds is 2. The standard InChI is InChI=1S/C11H17N3O/c1-8-7-10(14-13-8)12-11(15)9-5-3-2-4-6-9/h7,9H,2-6H2,1H3,(H2,12,13,14,15). The Hall–Kier alpha value is -1.32. The summed E-state index contributed by atoms with van der Waals surface area (Å²) in [6, 6.07) is 1.85. The molecule has 1 fully saturated rings. The summed E-state index contributed by atoms with van der Waals surface area (Å²) in [5.41, 5.74) is 0.967. The first-order chi connectivity index (χ1) is 7.25. The van der Waals surface area contributed by atoms with Crippen LogP contribution >= 0.6 is 0 Å². The van der Waals surface area contributed by atoms with Crippen LogP contribution in [0.25, 0.3) is 0 Å². The van der Waals surface area contributed by atoms with E-state index < -0.39 is 0 Å². The van der Waals surface area contributed by atoms with Crippen molar-refractivity contribution < 1.29 is 4.79 Å². The molecule has 4 heteroatoms. The Morgan fingerprint density at radius 2 is 2.20 bits per heavy atom. The van der Waals surface area contributed by atoms with Crippen molar-refractivity contribution in [2.45, 2.75) is 39.0 Å². The highest BCUT2D eigenvalue weighted by Crippen LogP contribution is 2.24. The first kappa shape index (κ1) is 10.2. The van der Waals surface area contributed by atoms with Gasteiger partial charge in [-0.15, -0.1) is 0 Å². The lowest BCUT2D eigenvalue weighted by Gasteiger charge is -2.19. The maximum absolute atomic E-state index is 11.8. The molecule has 1 aromatic rings. The van der Waals surface area contributed by atoms with Crippen LogP contribution in [0.3, 0.4) is 0 Å². The SMILES string of the molecule is Cc1cc(NC(=O)C2CCCCC2)n[nH]1. The average molecular weight is 207 g/mol. The topological polar surface area (TPSA) is 57.8 Å². The summed E-state index contributed by atoms with van der Waals surface area (Å²) in [5, 5.41) is 9.66. The molecule has 1 heterocycles. The number of aromatic nitrogens is 2. The number of carbonyl (C=O) groups is 1. The van der Waals surface area contributed by atoms with E-state index in [0.717, 1.165) is 18.5 Å². The summed E-state index contributed by atoms with van der Waals surface area (Å²) in [4.78, 5) is 11.8. The molecule has 0 saturated heterocycles. The van der Waals surface area contributed by atoms with Crippen molar-refractivity contribution in [3.8, 4) is 0 Å². The Morgan fingerprint density at radius 3 is 2.80 bits per heavy atom. The highest BCUT2D eigenvalue weighted by atomic mass is 16.1. The zero-order valence-electron chi connectivity index (χ0n) is 9.05. The van der Waals surface area contributed by atoms with Crippen molar-refractivity contribution in [3.05, 3.63) is 11.8 Å². The van der Waals surface area contributed by atoms with E-state index in [1.165, 1.54) is 19.3 Å². The van der Waals surface area contributed by atoms with Gasteiger partial charge in [0.2, 0.25) is 5.91 Å². The predicted octanol–water partition coefficient (Wildman–Crippen LogP) is 2.24. The monoisotopic (exact) mass is 207 g/mol. The fourth-order valence-electron chi connectivity index (χ4n) is 2.08. The maximum Gasteiger partial charge on any atom is 0.228 e. The highest BCUT2D eigenvalue weighted by molar-refractivity contribution is 5.91. The van der Waals surface area contributed by atoms with Gasteiger partial charge in [0.15, 0.2) is 5.82 Å². The summed E-state index contributed by atoms with van der Waals surface area (Å²) in [5.74, 6) is 0.958. The Labute approximate surface area is 89.5 Å². The van der Waals surface area contributed by atoms with Crippen LogP contribution < -0.4 is 5.32 Å². The van der Waals surface area contributed by atoms with E-state index in [2.05, 4.69) is 15.5 Å². The first-order valence-electron chi connectivity index (χ1n) is 5.58. The van der Waals surface area contributed by atoms with Crippen molar-refractivity contribution in [1.82, 2.24) is 10.2 Å². The second kappa shape index (κ2) is 4.47. The molecule has 15 heavy (non-hydrogen) atoms. The third-order valence-electron chi connectivity index (χ3n) is 2.93. The van der Waals surface area contributed by atoms with Crippen LogP contribution in [0.5, 0.6) is 0 Å². The second-order valence-electron chi connectivity index (χ2n) is 4.26. The number of carbonyl (C=O) groups excluding carboxylic acids is 1. The lowest BCUT2D eigenvalue weighted by molar-refractivity contribution is -0.120. The van der Waals surface area contributed by atoms with Crippen LogP contribution in [0.2, 0.25) is 0 Å². The molecule has 0 atom stereocenters. The Morgan fingerprint density at radius 1 is 1.47 bits per heavy atom. The molecule has 1 aromatic heterocycles. The molecule has 0 aliphatic heterocycles. The minimum atomic E-state index is 0.126. The largest absolute Gasteiger partial charge is 0.309 e. The van der Waals surface area contributed by atoms with E-state index in [4.69, 9.17) is 0 Å². The van der Waals surface area contributed by atoms with E-state index in [1.54, 1.807) is 0 Å². The minimum Gasteiger partial charge on any atom is -0.309 e. The molecule has 82 valence electrons. The lowest BCUT2D eigenvalue weighted by Crippen LogP contribution is -2.24.